The second kappa shape index (κ2) is 6.04. The van der Waals surface area contributed by atoms with E-state index >= 15 is 0 Å². The second-order valence-electron chi connectivity index (χ2n) is 4.73. The molecular weight excluding hydrogens is 244 g/mol. The van der Waals surface area contributed by atoms with Crippen molar-refractivity contribution in [2.45, 2.75) is 25.5 Å². The molecule has 1 fully saturated rings. The number of hydrogen-bond donors (Lipinski definition) is 2. The van der Waals surface area contributed by atoms with Crippen molar-refractivity contribution in [3.05, 3.63) is 23.8 Å². The van der Waals surface area contributed by atoms with Crippen LogP contribution < -0.4 is 15.4 Å². The number of carbonyl (C=O) groups is 1. The molecule has 0 spiro atoms. The van der Waals surface area contributed by atoms with Gasteiger partial charge in [-0.05, 0) is 37.1 Å². The van der Waals surface area contributed by atoms with Gasteiger partial charge in [-0.2, -0.15) is 0 Å². The Balaban J connectivity index is 1.97. The Kier molecular flexibility index (Phi) is 4.39. The molecule has 0 radical (unpaired) electrons. The van der Waals surface area contributed by atoms with Gasteiger partial charge in [0.05, 0.1) is 19.3 Å². The summed E-state index contributed by atoms with van der Waals surface area (Å²) in [7, 11) is 3.30. The number of aryl methyl sites for hydroxylation is 1. The van der Waals surface area contributed by atoms with Crippen LogP contribution in [0, 0.1) is 6.92 Å². The summed E-state index contributed by atoms with van der Waals surface area (Å²) in [6.07, 6.45) is 0.825. The highest BCUT2D eigenvalue weighted by atomic mass is 16.5. The summed E-state index contributed by atoms with van der Waals surface area (Å²) < 4.78 is 10.4. The van der Waals surface area contributed by atoms with Crippen LogP contribution in [0.3, 0.4) is 0 Å². The Morgan fingerprint density at radius 1 is 1.42 bits per heavy atom. The number of anilines is 1. The lowest BCUT2D eigenvalue weighted by molar-refractivity contribution is -0.118. The Morgan fingerprint density at radius 3 is 2.79 bits per heavy atom. The average Bonchev–Trinajstić information content (AvgIpc) is 2.88. The fourth-order valence-corrected chi connectivity index (χ4v) is 2.27. The van der Waals surface area contributed by atoms with Crippen molar-refractivity contribution in [1.82, 2.24) is 5.32 Å². The number of rotatable bonds is 4. The van der Waals surface area contributed by atoms with Crippen molar-refractivity contribution in [3.63, 3.8) is 0 Å². The van der Waals surface area contributed by atoms with Crippen LogP contribution >= 0.6 is 0 Å². The molecule has 2 atom stereocenters. The molecule has 1 heterocycles. The summed E-state index contributed by atoms with van der Waals surface area (Å²) in [5.41, 5.74) is 1.78. The SMILES string of the molecule is COc1ccc(NC(=O)C2CC(OC)CN2)cc1C. The van der Waals surface area contributed by atoms with Crippen molar-refractivity contribution in [1.29, 1.82) is 0 Å². The van der Waals surface area contributed by atoms with Crippen LogP contribution in [-0.2, 0) is 9.53 Å². The smallest absolute Gasteiger partial charge is 0.241 e. The minimum atomic E-state index is -0.188. The number of methoxy groups -OCH3 is 2. The van der Waals surface area contributed by atoms with Gasteiger partial charge in [-0.3, -0.25) is 4.79 Å². The second-order valence-corrected chi connectivity index (χ2v) is 4.73. The van der Waals surface area contributed by atoms with Gasteiger partial charge in [0, 0.05) is 19.3 Å². The third kappa shape index (κ3) is 3.24. The largest absolute Gasteiger partial charge is 0.496 e. The molecule has 1 aliphatic heterocycles. The van der Waals surface area contributed by atoms with Crippen molar-refractivity contribution in [3.8, 4) is 5.75 Å². The van der Waals surface area contributed by atoms with E-state index in [9.17, 15) is 4.79 Å². The summed E-state index contributed by atoms with van der Waals surface area (Å²) in [5, 5.41) is 6.06. The maximum atomic E-state index is 12.1. The van der Waals surface area contributed by atoms with E-state index in [0.29, 0.717) is 6.42 Å². The average molecular weight is 264 g/mol. The van der Waals surface area contributed by atoms with Crippen molar-refractivity contribution >= 4 is 11.6 Å². The minimum absolute atomic E-state index is 0.0240. The molecule has 1 aromatic carbocycles. The molecule has 1 aliphatic rings. The van der Waals surface area contributed by atoms with Crippen LogP contribution in [0.2, 0.25) is 0 Å². The minimum Gasteiger partial charge on any atom is -0.496 e. The van der Waals surface area contributed by atoms with Gasteiger partial charge in [-0.1, -0.05) is 0 Å². The van der Waals surface area contributed by atoms with Gasteiger partial charge < -0.3 is 20.1 Å². The molecule has 2 N–H and O–H groups in total. The van der Waals surface area contributed by atoms with Crippen LogP contribution in [0.15, 0.2) is 18.2 Å². The molecule has 19 heavy (non-hydrogen) atoms. The molecule has 0 saturated carbocycles. The molecule has 0 aromatic heterocycles. The molecule has 0 bridgehead atoms. The molecule has 1 saturated heterocycles. The molecular formula is C14H20N2O3. The zero-order valence-electron chi connectivity index (χ0n) is 11.5. The molecule has 0 aliphatic carbocycles. The molecule has 104 valence electrons. The predicted molar refractivity (Wildman–Crippen MR) is 73.6 cm³/mol. The number of hydrogen-bond acceptors (Lipinski definition) is 4. The third-order valence-electron chi connectivity index (χ3n) is 3.40. The van der Waals surface area contributed by atoms with E-state index in [1.165, 1.54) is 0 Å². The first-order valence-electron chi connectivity index (χ1n) is 6.35. The predicted octanol–water partition coefficient (Wildman–Crippen LogP) is 1.32. The van der Waals surface area contributed by atoms with Crippen LogP contribution in [-0.4, -0.2) is 38.8 Å². The topological polar surface area (TPSA) is 59.6 Å². The highest BCUT2D eigenvalue weighted by molar-refractivity contribution is 5.95. The number of nitrogens with one attached hydrogen (secondary N) is 2. The summed E-state index contributed by atoms with van der Waals surface area (Å²) in [5.74, 6) is 0.792. The number of benzene rings is 1. The molecule has 1 amide bonds. The Labute approximate surface area is 113 Å². The number of amides is 1. The van der Waals surface area contributed by atoms with Gasteiger partial charge in [0.15, 0.2) is 0 Å². The fraction of sp³-hybridized carbons (Fsp3) is 0.500. The number of ether oxygens (including phenoxy) is 2. The summed E-state index contributed by atoms with van der Waals surface area (Å²) in [6.45, 7) is 2.67. The van der Waals surface area contributed by atoms with E-state index in [1.807, 2.05) is 25.1 Å². The van der Waals surface area contributed by atoms with E-state index < -0.39 is 0 Å². The van der Waals surface area contributed by atoms with E-state index in [2.05, 4.69) is 10.6 Å². The Morgan fingerprint density at radius 2 is 2.21 bits per heavy atom. The third-order valence-corrected chi connectivity index (χ3v) is 3.40. The van der Waals surface area contributed by atoms with Crippen molar-refractivity contribution in [2.24, 2.45) is 0 Å². The zero-order valence-corrected chi connectivity index (χ0v) is 11.5. The highest BCUT2D eigenvalue weighted by Crippen LogP contribution is 2.22. The maximum absolute atomic E-state index is 12.1. The first-order chi connectivity index (χ1) is 9.13. The first kappa shape index (κ1) is 13.8. The van der Waals surface area contributed by atoms with Gasteiger partial charge >= 0.3 is 0 Å². The van der Waals surface area contributed by atoms with Crippen LogP contribution in [0.25, 0.3) is 0 Å². The first-order valence-corrected chi connectivity index (χ1v) is 6.35. The molecule has 1 aromatic rings. The van der Waals surface area contributed by atoms with Crippen LogP contribution in [0.4, 0.5) is 5.69 Å². The lowest BCUT2D eigenvalue weighted by Gasteiger charge is -2.13. The Hall–Kier alpha value is -1.59. The highest BCUT2D eigenvalue weighted by Gasteiger charge is 2.29. The summed E-state index contributed by atoms with van der Waals surface area (Å²) >= 11 is 0. The zero-order chi connectivity index (χ0) is 13.8. The van der Waals surface area contributed by atoms with Crippen molar-refractivity contribution < 1.29 is 14.3 Å². The molecule has 2 unspecified atom stereocenters. The van der Waals surface area contributed by atoms with Gasteiger partial charge in [-0.15, -0.1) is 0 Å². The van der Waals surface area contributed by atoms with Gasteiger partial charge in [0.2, 0.25) is 5.91 Å². The monoisotopic (exact) mass is 264 g/mol. The summed E-state index contributed by atoms with van der Waals surface area (Å²) in [6, 6.07) is 5.41. The van der Waals surface area contributed by atoms with Gasteiger partial charge in [0.1, 0.15) is 5.75 Å². The Bertz CT molecular complexity index is 462. The molecule has 5 nitrogen and oxygen atoms in total. The van der Waals surface area contributed by atoms with Crippen LogP contribution in [0.1, 0.15) is 12.0 Å². The summed E-state index contributed by atoms with van der Waals surface area (Å²) in [4.78, 5) is 12.1. The maximum Gasteiger partial charge on any atom is 0.241 e. The van der Waals surface area contributed by atoms with E-state index in [0.717, 1.165) is 23.5 Å². The van der Waals surface area contributed by atoms with E-state index in [-0.39, 0.29) is 18.1 Å². The van der Waals surface area contributed by atoms with Gasteiger partial charge in [0.25, 0.3) is 0 Å². The normalized spacial score (nSPS) is 22.3. The number of carbonyl (C=O) groups excluding carboxylic acids is 1. The quantitative estimate of drug-likeness (QED) is 0.861. The lowest BCUT2D eigenvalue weighted by atomic mass is 10.1. The van der Waals surface area contributed by atoms with E-state index in [1.54, 1.807) is 14.2 Å². The lowest BCUT2D eigenvalue weighted by Crippen LogP contribution is -2.35. The van der Waals surface area contributed by atoms with Gasteiger partial charge in [-0.25, -0.2) is 0 Å². The fourth-order valence-electron chi connectivity index (χ4n) is 2.27. The van der Waals surface area contributed by atoms with E-state index in [4.69, 9.17) is 9.47 Å². The van der Waals surface area contributed by atoms with Crippen molar-refractivity contribution in [2.75, 3.05) is 26.1 Å². The van der Waals surface area contributed by atoms with Crippen LogP contribution in [0.5, 0.6) is 5.75 Å². The standard InChI is InChI=1S/C14H20N2O3/c1-9-6-10(4-5-13(9)19-3)16-14(17)12-7-11(18-2)8-15-12/h4-6,11-12,15H,7-8H2,1-3H3,(H,16,17). The molecule has 2 rings (SSSR count). The molecule has 5 heteroatoms.